The van der Waals surface area contributed by atoms with Crippen molar-refractivity contribution >= 4 is 45.0 Å². The Hall–Kier alpha value is -2.72. The van der Waals surface area contributed by atoms with E-state index in [0.717, 1.165) is 17.0 Å². The normalized spacial score (nSPS) is 10.7. The number of carbonyl (C=O) groups is 1. The van der Waals surface area contributed by atoms with Crippen LogP contribution in [0.3, 0.4) is 0 Å². The van der Waals surface area contributed by atoms with Gasteiger partial charge in [-0.2, -0.15) is 0 Å². The summed E-state index contributed by atoms with van der Waals surface area (Å²) in [4.78, 5) is 22.5. The van der Waals surface area contributed by atoms with E-state index >= 15 is 0 Å². The van der Waals surface area contributed by atoms with E-state index in [2.05, 4.69) is 31.4 Å². The van der Waals surface area contributed by atoms with Crippen molar-refractivity contribution in [1.29, 1.82) is 0 Å². The van der Waals surface area contributed by atoms with E-state index in [0.29, 0.717) is 15.3 Å². The summed E-state index contributed by atoms with van der Waals surface area (Å²) in [6, 6.07) is 12.1. The number of non-ortho nitro benzene ring substituents is 1. The number of thioether (sulfide) groups is 1. The lowest BCUT2D eigenvalue weighted by Gasteiger charge is -2.08. The third kappa shape index (κ3) is 4.39. The second-order valence-corrected chi connectivity index (χ2v) is 7.74. The Labute approximate surface area is 173 Å². The molecule has 0 atom stereocenters. The molecular formula is C18H16BrN5O3S. The molecule has 1 N–H and O–H groups in total. The van der Waals surface area contributed by atoms with E-state index in [1.54, 1.807) is 0 Å². The van der Waals surface area contributed by atoms with Crippen LogP contribution in [0.1, 0.15) is 5.56 Å². The average molecular weight is 462 g/mol. The van der Waals surface area contributed by atoms with E-state index in [1.165, 1.54) is 30.0 Å². The van der Waals surface area contributed by atoms with Gasteiger partial charge in [-0.1, -0.05) is 36.0 Å². The van der Waals surface area contributed by atoms with Gasteiger partial charge in [0.2, 0.25) is 5.91 Å². The van der Waals surface area contributed by atoms with Crippen LogP contribution in [0, 0.1) is 17.0 Å². The number of rotatable bonds is 6. The molecule has 10 heteroatoms. The summed E-state index contributed by atoms with van der Waals surface area (Å²) >= 11 is 4.50. The molecule has 0 fully saturated rings. The fourth-order valence-electron chi connectivity index (χ4n) is 2.53. The van der Waals surface area contributed by atoms with Crippen molar-refractivity contribution in [1.82, 2.24) is 14.8 Å². The molecule has 0 radical (unpaired) electrons. The van der Waals surface area contributed by atoms with Crippen molar-refractivity contribution in [3.05, 3.63) is 62.6 Å². The number of halogens is 1. The van der Waals surface area contributed by atoms with Gasteiger partial charge in [0.1, 0.15) is 0 Å². The minimum atomic E-state index is -0.494. The van der Waals surface area contributed by atoms with Crippen LogP contribution in [0.25, 0.3) is 11.4 Å². The number of aromatic nitrogens is 3. The molecule has 0 bridgehead atoms. The topological polar surface area (TPSA) is 103 Å². The van der Waals surface area contributed by atoms with E-state index in [1.807, 2.05) is 42.8 Å². The highest BCUT2D eigenvalue weighted by Gasteiger charge is 2.15. The van der Waals surface area contributed by atoms with Gasteiger partial charge in [0.15, 0.2) is 11.0 Å². The van der Waals surface area contributed by atoms with Crippen LogP contribution in [0.5, 0.6) is 0 Å². The molecule has 2 aromatic carbocycles. The number of hydrogen-bond acceptors (Lipinski definition) is 6. The monoisotopic (exact) mass is 461 g/mol. The number of nitro benzene ring substituents is 1. The number of nitro groups is 1. The first-order valence-electron chi connectivity index (χ1n) is 8.19. The number of benzene rings is 2. The molecule has 0 aliphatic carbocycles. The molecule has 1 aromatic heterocycles. The zero-order valence-electron chi connectivity index (χ0n) is 15.0. The molecule has 144 valence electrons. The van der Waals surface area contributed by atoms with Gasteiger partial charge in [0.25, 0.3) is 5.69 Å². The Morgan fingerprint density at radius 3 is 2.71 bits per heavy atom. The van der Waals surface area contributed by atoms with Crippen LogP contribution in [-0.4, -0.2) is 31.3 Å². The number of aryl methyl sites for hydroxylation is 1. The van der Waals surface area contributed by atoms with Gasteiger partial charge in [-0.05, 0) is 34.5 Å². The molecule has 0 unspecified atom stereocenters. The van der Waals surface area contributed by atoms with Crippen LogP contribution in [-0.2, 0) is 11.8 Å². The van der Waals surface area contributed by atoms with Gasteiger partial charge in [-0.3, -0.25) is 14.9 Å². The maximum Gasteiger partial charge on any atom is 0.270 e. The minimum absolute atomic E-state index is 0.0536. The van der Waals surface area contributed by atoms with Crippen molar-refractivity contribution in [2.75, 3.05) is 11.1 Å². The number of nitrogens with one attached hydrogen (secondary N) is 1. The second kappa shape index (κ2) is 8.53. The first kappa shape index (κ1) is 20.0. The SMILES string of the molecule is Cc1ccccc1-c1nnc(SCC(=O)Nc2ccc([N+](=O)[O-])cc2Br)n1C. The lowest BCUT2D eigenvalue weighted by Crippen LogP contribution is -2.15. The highest BCUT2D eigenvalue weighted by Crippen LogP contribution is 2.28. The standard InChI is InChI=1S/C18H16BrN5O3S/c1-11-5-3-4-6-13(11)17-21-22-18(23(17)2)28-10-16(25)20-15-8-7-12(24(26)27)9-14(15)19/h3-9H,10H2,1-2H3,(H,20,25). The first-order chi connectivity index (χ1) is 13.4. The fraction of sp³-hybridized carbons (Fsp3) is 0.167. The molecule has 3 aromatic rings. The van der Waals surface area contributed by atoms with Crippen LogP contribution >= 0.6 is 27.7 Å². The summed E-state index contributed by atoms with van der Waals surface area (Å²) in [7, 11) is 1.86. The minimum Gasteiger partial charge on any atom is -0.324 e. The zero-order valence-corrected chi connectivity index (χ0v) is 17.5. The summed E-state index contributed by atoms with van der Waals surface area (Å²) in [5.41, 5.74) is 2.50. The van der Waals surface area contributed by atoms with Gasteiger partial charge >= 0.3 is 0 Å². The molecular weight excluding hydrogens is 446 g/mol. The lowest BCUT2D eigenvalue weighted by atomic mass is 10.1. The fourth-order valence-corrected chi connectivity index (χ4v) is 3.71. The van der Waals surface area contributed by atoms with Crippen LogP contribution < -0.4 is 5.32 Å². The summed E-state index contributed by atoms with van der Waals surface area (Å²) in [5, 5.41) is 22.5. The number of amides is 1. The van der Waals surface area contributed by atoms with E-state index in [4.69, 9.17) is 0 Å². The molecule has 0 saturated carbocycles. The number of nitrogens with zero attached hydrogens (tertiary/aromatic N) is 4. The molecule has 0 saturated heterocycles. The van der Waals surface area contributed by atoms with Crippen molar-refractivity contribution in [2.45, 2.75) is 12.1 Å². The number of hydrogen-bond donors (Lipinski definition) is 1. The molecule has 8 nitrogen and oxygen atoms in total. The van der Waals surface area contributed by atoms with Crippen molar-refractivity contribution in [3.8, 4) is 11.4 Å². The quantitative estimate of drug-likeness (QED) is 0.335. The van der Waals surface area contributed by atoms with Gasteiger partial charge in [-0.25, -0.2) is 0 Å². The number of anilines is 1. The maximum absolute atomic E-state index is 12.3. The lowest BCUT2D eigenvalue weighted by molar-refractivity contribution is -0.384. The van der Waals surface area contributed by atoms with Crippen LogP contribution in [0.2, 0.25) is 0 Å². The summed E-state index contributed by atoms with van der Waals surface area (Å²) in [6.45, 7) is 2.01. The molecule has 0 aliphatic heterocycles. The second-order valence-electron chi connectivity index (χ2n) is 5.94. The van der Waals surface area contributed by atoms with Crippen molar-refractivity contribution < 1.29 is 9.72 Å². The third-order valence-electron chi connectivity index (χ3n) is 3.99. The predicted molar refractivity (Wildman–Crippen MR) is 111 cm³/mol. The Morgan fingerprint density at radius 1 is 1.29 bits per heavy atom. The molecule has 1 amide bonds. The summed E-state index contributed by atoms with van der Waals surface area (Å²) in [6.07, 6.45) is 0. The molecule has 0 aliphatic rings. The average Bonchev–Trinajstić information content (AvgIpc) is 3.02. The largest absolute Gasteiger partial charge is 0.324 e. The van der Waals surface area contributed by atoms with Gasteiger partial charge in [-0.15, -0.1) is 10.2 Å². The van der Waals surface area contributed by atoms with Crippen molar-refractivity contribution in [3.63, 3.8) is 0 Å². The Kier molecular flexibility index (Phi) is 6.10. The number of carbonyl (C=O) groups excluding carboxylic acids is 1. The predicted octanol–water partition coefficient (Wildman–Crippen LogP) is 4.19. The van der Waals surface area contributed by atoms with E-state index in [-0.39, 0.29) is 17.3 Å². The zero-order chi connectivity index (χ0) is 20.3. The Morgan fingerprint density at radius 2 is 2.04 bits per heavy atom. The summed E-state index contributed by atoms with van der Waals surface area (Å²) < 4.78 is 2.29. The van der Waals surface area contributed by atoms with E-state index in [9.17, 15) is 14.9 Å². The Bertz CT molecular complexity index is 1050. The molecule has 0 spiro atoms. The Balaban J connectivity index is 1.66. The first-order valence-corrected chi connectivity index (χ1v) is 9.96. The van der Waals surface area contributed by atoms with Gasteiger partial charge in [0.05, 0.1) is 16.4 Å². The summed E-state index contributed by atoms with van der Waals surface area (Å²) in [5.74, 6) is 0.613. The van der Waals surface area contributed by atoms with Gasteiger partial charge in [0, 0.05) is 29.2 Å². The highest BCUT2D eigenvalue weighted by atomic mass is 79.9. The highest BCUT2D eigenvalue weighted by molar-refractivity contribution is 9.10. The van der Waals surface area contributed by atoms with Crippen molar-refractivity contribution in [2.24, 2.45) is 7.05 Å². The third-order valence-corrected chi connectivity index (χ3v) is 5.67. The maximum atomic E-state index is 12.3. The van der Waals surface area contributed by atoms with Gasteiger partial charge < -0.3 is 9.88 Å². The molecule has 28 heavy (non-hydrogen) atoms. The molecule has 1 heterocycles. The van der Waals surface area contributed by atoms with Crippen LogP contribution in [0.15, 0.2) is 52.1 Å². The smallest absolute Gasteiger partial charge is 0.270 e. The van der Waals surface area contributed by atoms with E-state index < -0.39 is 4.92 Å². The molecule has 3 rings (SSSR count). The van der Waals surface area contributed by atoms with Crippen LogP contribution in [0.4, 0.5) is 11.4 Å².